The molecule has 0 aliphatic carbocycles. The van der Waals surface area contributed by atoms with Gasteiger partial charge in [0, 0.05) is 38.1 Å². The van der Waals surface area contributed by atoms with Gasteiger partial charge in [-0.05, 0) is 31.2 Å². The van der Waals surface area contributed by atoms with Crippen LogP contribution in [0, 0.1) is 6.92 Å². The molecule has 2 aromatic heterocycles. The third-order valence-electron chi connectivity index (χ3n) is 4.43. The SMILES string of the molecule is Cc1ccc(Nc2nncc(N3CCN(c4ccccn4)CC3)n2)cc1. The molecule has 0 bridgehead atoms. The van der Waals surface area contributed by atoms with Crippen LogP contribution in [0.1, 0.15) is 5.56 Å². The van der Waals surface area contributed by atoms with Gasteiger partial charge in [0.1, 0.15) is 5.82 Å². The maximum Gasteiger partial charge on any atom is 0.249 e. The van der Waals surface area contributed by atoms with E-state index in [2.05, 4.69) is 54.3 Å². The van der Waals surface area contributed by atoms with Gasteiger partial charge in [-0.2, -0.15) is 10.1 Å². The van der Waals surface area contributed by atoms with Crippen molar-refractivity contribution in [3.05, 3.63) is 60.4 Å². The van der Waals surface area contributed by atoms with E-state index >= 15 is 0 Å². The Balaban J connectivity index is 1.42. The van der Waals surface area contributed by atoms with E-state index in [1.165, 1.54) is 5.56 Å². The van der Waals surface area contributed by atoms with Gasteiger partial charge in [-0.3, -0.25) is 0 Å². The van der Waals surface area contributed by atoms with Crippen molar-refractivity contribution in [2.45, 2.75) is 6.92 Å². The molecule has 1 N–H and O–H groups in total. The third kappa shape index (κ3) is 3.72. The summed E-state index contributed by atoms with van der Waals surface area (Å²) in [6.07, 6.45) is 3.55. The first kappa shape index (κ1) is 16.3. The highest BCUT2D eigenvalue weighted by Gasteiger charge is 2.19. The first-order valence-electron chi connectivity index (χ1n) is 8.72. The number of piperazine rings is 1. The van der Waals surface area contributed by atoms with Crippen LogP contribution in [0.4, 0.5) is 23.3 Å². The average Bonchev–Trinajstić information content (AvgIpc) is 2.71. The number of rotatable bonds is 4. The molecule has 0 amide bonds. The second kappa shape index (κ2) is 7.35. The lowest BCUT2D eigenvalue weighted by Crippen LogP contribution is -2.47. The number of anilines is 4. The van der Waals surface area contributed by atoms with Crippen LogP contribution in [0.15, 0.2) is 54.9 Å². The molecule has 4 rings (SSSR count). The number of nitrogens with one attached hydrogen (secondary N) is 1. The Labute approximate surface area is 152 Å². The molecule has 3 heterocycles. The van der Waals surface area contributed by atoms with Crippen LogP contribution >= 0.6 is 0 Å². The summed E-state index contributed by atoms with van der Waals surface area (Å²) in [6.45, 7) is 5.62. The van der Waals surface area contributed by atoms with Gasteiger partial charge in [-0.1, -0.05) is 23.8 Å². The zero-order valence-corrected chi connectivity index (χ0v) is 14.7. The van der Waals surface area contributed by atoms with Crippen molar-refractivity contribution in [1.29, 1.82) is 0 Å². The molecular formula is C19H21N7. The van der Waals surface area contributed by atoms with E-state index in [9.17, 15) is 0 Å². The van der Waals surface area contributed by atoms with Gasteiger partial charge in [0.25, 0.3) is 0 Å². The first-order chi connectivity index (χ1) is 12.8. The summed E-state index contributed by atoms with van der Waals surface area (Å²) in [6, 6.07) is 14.1. The molecule has 132 valence electrons. The number of hydrogen-bond acceptors (Lipinski definition) is 7. The number of aryl methyl sites for hydroxylation is 1. The highest BCUT2D eigenvalue weighted by molar-refractivity contribution is 5.55. The topological polar surface area (TPSA) is 70.1 Å². The van der Waals surface area contributed by atoms with Gasteiger partial charge in [0.05, 0.1) is 6.20 Å². The Hall–Kier alpha value is -3.22. The van der Waals surface area contributed by atoms with Gasteiger partial charge in [0.2, 0.25) is 5.95 Å². The van der Waals surface area contributed by atoms with Crippen molar-refractivity contribution in [1.82, 2.24) is 20.2 Å². The lowest BCUT2D eigenvalue weighted by molar-refractivity contribution is 0.639. The average molecular weight is 347 g/mol. The van der Waals surface area contributed by atoms with Crippen LogP contribution in [0.5, 0.6) is 0 Å². The molecule has 0 saturated carbocycles. The van der Waals surface area contributed by atoms with E-state index < -0.39 is 0 Å². The fourth-order valence-electron chi connectivity index (χ4n) is 2.97. The molecule has 1 aliphatic heterocycles. The summed E-state index contributed by atoms with van der Waals surface area (Å²) >= 11 is 0. The molecule has 7 heteroatoms. The molecule has 1 aliphatic rings. The second-order valence-corrected chi connectivity index (χ2v) is 6.29. The van der Waals surface area contributed by atoms with Crippen LogP contribution in [0.2, 0.25) is 0 Å². The van der Waals surface area contributed by atoms with Crippen molar-refractivity contribution in [3.63, 3.8) is 0 Å². The zero-order valence-electron chi connectivity index (χ0n) is 14.7. The lowest BCUT2D eigenvalue weighted by atomic mass is 10.2. The number of aromatic nitrogens is 4. The Morgan fingerprint density at radius 1 is 0.885 bits per heavy atom. The highest BCUT2D eigenvalue weighted by Crippen LogP contribution is 2.19. The summed E-state index contributed by atoms with van der Waals surface area (Å²) in [7, 11) is 0. The largest absolute Gasteiger partial charge is 0.353 e. The van der Waals surface area contributed by atoms with Crippen molar-refractivity contribution in [2.75, 3.05) is 41.3 Å². The Morgan fingerprint density at radius 2 is 1.62 bits per heavy atom. The van der Waals surface area contributed by atoms with Crippen LogP contribution in [-0.2, 0) is 0 Å². The van der Waals surface area contributed by atoms with Crippen LogP contribution in [0.3, 0.4) is 0 Å². The summed E-state index contributed by atoms with van der Waals surface area (Å²) in [5.74, 6) is 2.38. The van der Waals surface area contributed by atoms with E-state index in [4.69, 9.17) is 0 Å². The fraction of sp³-hybridized carbons (Fsp3) is 0.263. The van der Waals surface area contributed by atoms with E-state index in [-0.39, 0.29) is 0 Å². The zero-order chi connectivity index (χ0) is 17.8. The minimum absolute atomic E-state index is 0.513. The smallest absolute Gasteiger partial charge is 0.249 e. The Bertz CT molecular complexity index is 843. The lowest BCUT2D eigenvalue weighted by Gasteiger charge is -2.35. The minimum Gasteiger partial charge on any atom is -0.353 e. The quantitative estimate of drug-likeness (QED) is 0.778. The van der Waals surface area contributed by atoms with Crippen LogP contribution in [0.25, 0.3) is 0 Å². The number of pyridine rings is 1. The third-order valence-corrected chi connectivity index (χ3v) is 4.43. The van der Waals surface area contributed by atoms with Crippen molar-refractivity contribution in [2.24, 2.45) is 0 Å². The molecule has 1 aromatic carbocycles. The van der Waals surface area contributed by atoms with Crippen LogP contribution in [-0.4, -0.2) is 46.3 Å². The van der Waals surface area contributed by atoms with E-state index in [1.807, 2.05) is 36.5 Å². The molecule has 1 fully saturated rings. The normalized spacial score (nSPS) is 14.3. The number of hydrogen-bond donors (Lipinski definition) is 1. The first-order valence-corrected chi connectivity index (χ1v) is 8.72. The molecule has 7 nitrogen and oxygen atoms in total. The molecule has 26 heavy (non-hydrogen) atoms. The standard InChI is InChI=1S/C19H21N7/c1-15-5-7-16(8-6-15)22-19-23-18(14-21-24-19)26-12-10-25(11-13-26)17-4-2-3-9-20-17/h2-9,14H,10-13H2,1H3,(H,22,23,24). The van der Waals surface area contributed by atoms with Gasteiger partial charge in [-0.15, -0.1) is 5.10 Å². The van der Waals surface area contributed by atoms with E-state index in [0.29, 0.717) is 5.95 Å². The molecule has 0 radical (unpaired) electrons. The second-order valence-electron chi connectivity index (χ2n) is 6.29. The summed E-state index contributed by atoms with van der Waals surface area (Å²) < 4.78 is 0. The van der Waals surface area contributed by atoms with Crippen molar-refractivity contribution < 1.29 is 0 Å². The molecular weight excluding hydrogens is 326 g/mol. The highest BCUT2D eigenvalue weighted by atomic mass is 15.3. The molecule has 0 spiro atoms. The van der Waals surface area contributed by atoms with Crippen molar-refractivity contribution >= 4 is 23.3 Å². The molecule has 3 aromatic rings. The number of nitrogens with zero attached hydrogens (tertiary/aromatic N) is 6. The van der Waals surface area contributed by atoms with Gasteiger partial charge >= 0.3 is 0 Å². The predicted molar refractivity (Wildman–Crippen MR) is 103 cm³/mol. The van der Waals surface area contributed by atoms with Crippen molar-refractivity contribution in [3.8, 4) is 0 Å². The molecule has 0 unspecified atom stereocenters. The Morgan fingerprint density at radius 3 is 2.31 bits per heavy atom. The summed E-state index contributed by atoms with van der Waals surface area (Å²) in [5.41, 5.74) is 2.17. The number of benzene rings is 1. The van der Waals surface area contributed by atoms with E-state index in [0.717, 1.165) is 43.5 Å². The summed E-state index contributed by atoms with van der Waals surface area (Å²) in [4.78, 5) is 13.6. The molecule has 0 atom stereocenters. The monoisotopic (exact) mass is 347 g/mol. The van der Waals surface area contributed by atoms with Gasteiger partial charge < -0.3 is 15.1 Å². The maximum atomic E-state index is 4.62. The maximum absolute atomic E-state index is 4.62. The van der Waals surface area contributed by atoms with E-state index in [1.54, 1.807) is 6.20 Å². The summed E-state index contributed by atoms with van der Waals surface area (Å²) in [5, 5.41) is 11.4. The fourth-order valence-corrected chi connectivity index (χ4v) is 2.97. The molecule has 1 saturated heterocycles. The van der Waals surface area contributed by atoms with Crippen LogP contribution < -0.4 is 15.1 Å². The van der Waals surface area contributed by atoms with Gasteiger partial charge in [0.15, 0.2) is 5.82 Å². The van der Waals surface area contributed by atoms with Gasteiger partial charge in [-0.25, -0.2) is 4.98 Å². The minimum atomic E-state index is 0.513. The Kier molecular flexibility index (Phi) is 4.59. The predicted octanol–water partition coefficient (Wildman–Crippen LogP) is 2.65.